The number of amides is 1. The molecular formula is C19H30N2O4. The van der Waals surface area contributed by atoms with Gasteiger partial charge in [-0.15, -0.1) is 0 Å². The van der Waals surface area contributed by atoms with E-state index in [9.17, 15) is 15.0 Å². The fourth-order valence-electron chi connectivity index (χ4n) is 2.92. The number of ether oxygens (including phenoxy) is 1. The van der Waals surface area contributed by atoms with Crippen molar-refractivity contribution in [2.24, 2.45) is 0 Å². The lowest BCUT2D eigenvalue weighted by Gasteiger charge is -2.26. The van der Waals surface area contributed by atoms with E-state index in [2.05, 4.69) is 4.98 Å². The molecule has 25 heavy (non-hydrogen) atoms. The van der Waals surface area contributed by atoms with Crippen LogP contribution in [0.2, 0.25) is 0 Å². The van der Waals surface area contributed by atoms with Gasteiger partial charge in [-0.1, -0.05) is 19.3 Å². The van der Waals surface area contributed by atoms with Crippen molar-refractivity contribution in [2.75, 3.05) is 26.3 Å². The molecule has 0 radical (unpaired) electrons. The second-order valence-corrected chi connectivity index (χ2v) is 6.75. The van der Waals surface area contributed by atoms with Gasteiger partial charge in [0, 0.05) is 31.6 Å². The number of aliphatic hydroxyl groups is 2. The van der Waals surface area contributed by atoms with Gasteiger partial charge in [0.2, 0.25) is 0 Å². The van der Waals surface area contributed by atoms with Crippen LogP contribution in [0.15, 0.2) is 18.3 Å². The number of aryl methyl sites for hydroxylation is 1. The Balaban J connectivity index is 2.01. The molecule has 2 N–H and O–H groups in total. The summed E-state index contributed by atoms with van der Waals surface area (Å²) in [7, 11) is 0. The van der Waals surface area contributed by atoms with E-state index in [1.165, 1.54) is 0 Å². The van der Waals surface area contributed by atoms with E-state index in [4.69, 9.17) is 4.74 Å². The van der Waals surface area contributed by atoms with Crippen LogP contribution < -0.4 is 0 Å². The van der Waals surface area contributed by atoms with Crippen LogP contribution in [0.5, 0.6) is 0 Å². The Morgan fingerprint density at radius 1 is 1.12 bits per heavy atom. The fraction of sp³-hybridized carbons (Fsp3) is 0.684. The van der Waals surface area contributed by atoms with Crippen molar-refractivity contribution in [3.05, 3.63) is 29.6 Å². The largest absolute Gasteiger partial charge is 0.390 e. The van der Waals surface area contributed by atoms with Crippen LogP contribution in [0.4, 0.5) is 0 Å². The number of carbonyl (C=O) groups excluding carboxylic acids is 1. The van der Waals surface area contributed by atoms with Gasteiger partial charge in [0.15, 0.2) is 0 Å². The molecule has 0 spiro atoms. The van der Waals surface area contributed by atoms with Crippen molar-refractivity contribution in [1.82, 2.24) is 9.88 Å². The Hall–Kier alpha value is -1.50. The predicted molar refractivity (Wildman–Crippen MR) is 95.4 cm³/mol. The number of nitrogens with zero attached hydrogens (tertiary/aromatic N) is 2. The summed E-state index contributed by atoms with van der Waals surface area (Å²) < 4.78 is 5.42. The molecule has 2 heterocycles. The molecule has 0 aliphatic carbocycles. The second-order valence-electron chi connectivity index (χ2n) is 6.75. The number of hydrogen-bond acceptors (Lipinski definition) is 5. The van der Waals surface area contributed by atoms with Gasteiger partial charge >= 0.3 is 0 Å². The van der Waals surface area contributed by atoms with Crippen molar-refractivity contribution in [2.45, 2.75) is 57.7 Å². The van der Waals surface area contributed by atoms with Gasteiger partial charge in [0.25, 0.3) is 5.91 Å². The summed E-state index contributed by atoms with van der Waals surface area (Å²) in [6.45, 7) is 3.71. The molecule has 2 rings (SSSR count). The first-order valence-electron chi connectivity index (χ1n) is 9.23. The summed E-state index contributed by atoms with van der Waals surface area (Å²) in [5, 5.41) is 20.1. The first kappa shape index (κ1) is 19.8. The number of aromatic nitrogens is 1. The first-order valence-corrected chi connectivity index (χ1v) is 9.23. The molecule has 1 fully saturated rings. The average molecular weight is 350 g/mol. The van der Waals surface area contributed by atoms with Crippen LogP contribution in [-0.4, -0.2) is 64.5 Å². The molecule has 1 aliphatic rings. The van der Waals surface area contributed by atoms with Crippen LogP contribution in [-0.2, 0) is 4.74 Å². The smallest absolute Gasteiger partial charge is 0.255 e. The highest BCUT2D eigenvalue weighted by Crippen LogP contribution is 2.12. The van der Waals surface area contributed by atoms with Crippen molar-refractivity contribution in [1.29, 1.82) is 0 Å². The Labute approximate surface area is 149 Å². The molecular weight excluding hydrogens is 320 g/mol. The minimum absolute atomic E-state index is 0.0717. The summed E-state index contributed by atoms with van der Waals surface area (Å²) in [5.74, 6) is -0.0717. The van der Waals surface area contributed by atoms with Crippen molar-refractivity contribution in [3.8, 4) is 0 Å². The molecule has 0 saturated carbocycles. The normalized spacial score (nSPS) is 24.5. The fourth-order valence-corrected chi connectivity index (χ4v) is 2.92. The van der Waals surface area contributed by atoms with Crippen molar-refractivity contribution >= 4 is 5.91 Å². The molecule has 1 amide bonds. The third kappa shape index (κ3) is 6.72. The van der Waals surface area contributed by atoms with E-state index < -0.39 is 12.2 Å². The Bertz CT molecular complexity index is 521. The minimum Gasteiger partial charge on any atom is -0.390 e. The first-order chi connectivity index (χ1) is 12.1. The summed E-state index contributed by atoms with van der Waals surface area (Å²) in [6, 6.07) is 3.61. The van der Waals surface area contributed by atoms with Crippen LogP contribution in [0.25, 0.3) is 0 Å². The standard InChI is InChI=1S/C19H30N2O4/c1-15-7-8-16(13-20-15)19(24)21-10-5-3-2-4-6-12-25-14-18(23)17(22)9-11-21/h7-8,13,17-18,22-23H,2-6,9-12,14H2,1H3/t17-,18+/m0/s1. The molecule has 0 unspecified atom stereocenters. The lowest BCUT2D eigenvalue weighted by atomic mass is 10.1. The van der Waals surface area contributed by atoms with Gasteiger partial charge in [0.05, 0.1) is 18.3 Å². The van der Waals surface area contributed by atoms with Crippen LogP contribution >= 0.6 is 0 Å². The summed E-state index contributed by atoms with van der Waals surface area (Å²) in [6.07, 6.45) is 5.27. The zero-order chi connectivity index (χ0) is 18.1. The molecule has 1 aromatic rings. The Kier molecular flexibility index (Phi) is 8.31. The summed E-state index contributed by atoms with van der Waals surface area (Å²) >= 11 is 0. The molecule has 1 aromatic heterocycles. The number of carbonyl (C=O) groups is 1. The minimum atomic E-state index is -0.916. The van der Waals surface area contributed by atoms with Gasteiger partial charge in [-0.25, -0.2) is 0 Å². The van der Waals surface area contributed by atoms with E-state index in [0.717, 1.165) is 37.8 Å². The molecule has 1 aliphatic heterocycles. The SMILES string of the molecule is Cc1ccc(C(=O)N2CCCCCCCOC[C@@H](O)[C@@H](O)CC2)cn1. The van der Waals surface area contributed by atoms with E-state index in [1.807, 2.05) is 13.0 Å². The third-order valence-corrected chi connectivity index (χ3v) is 4.59. The molecule has 0 aromatic carbocycles. The highest BCUT2D eigenvalue weighted by molar-refractivity contribution is 5.93. The zero-order valence-corrected chi connectivity index (χ0v) is 15.1. The summed E-state index contributed by atoms with van der Waals surface area (Å²) in [4.78, 5) is 18.7. The topological polar surface area (TPSA) is 82.9 Å². The van der Waals surface area contributed by atoms with Crippen LogP contribution in [0, 0.1) is 6.92 Å². The Morgan fingerprint density at radius 2 is 1.88 bits per heavy atom. The molecule has 140 valence electrons. The number of rotatable bonds is 1. The van der Waals surface area contributed by atoms with Crippen LogP contribution in [0.1, 0.15) is 54.6 Å². The quantitative estimate of drug-likeness (QED) is 0.809. The maximum absolute atomic E-state index is 12.8. The molecule has 0 bridgehead atoms. The zero-order valence-electron chi connectivity index (χ0n) is 15.1. The maximum Gasteiger partial charge on any atom is 0.255 e. The number of hydrogen-bond donors (Lipinski definition) is 2. The van der Waals surface area contributed by atoms with Gasteiger partial charge in [0.1, 0.15) is 6.10 Å². The monoisotopic (exact) mass is 350 g/mol. The van der Waals surface area contributed by atoms with E-state index >= 15 is 0 Å². The van der Waals surface area contributed by atoms with E-state index in [1.54, 1.807) is 17.2 Å². The van der Waals surface area contributed by atoms with E-state index in [-0.39, 0.29) is 12.5 Å². The van der Waals surface area contributed by atoms with Gasteiger partial charge < -0.3 is 19.8 Å². The lowest BCUT2D eigenvalue weighted by Crippen LogP contribution is -2.38. The average Bonchev–Trinajstić information content (AvgIpc) is 2.61. The number of aliphatic hydroxyl groups excluding tert-OH is 2. The highest BCUT2D eigenvalue weighted by atomic mass is 16.5. The second kappa shape index (κ2) is 10.5. The van der Waals surface area contributed by atoms with Gasteiger partial charge in [-0.3, -0.25) is 9.78 Å². The molecule has 2 atom stereocenters. The predicted octanol–water partition coefficient (Wildman–Crippen LogP) is 1.92. The molecule has 6 heteroatoms. The van der Waals surface area contributed by atoms with Crippen molar-refractivity contribution < 1.29 is 19.7 Å². The molecule has 6 nitrogen and oxygen atoms in total. The van der Waals surface area contributed by atoms with Gasteiger partial charge in [-0.2, -0.15) is 0 Å². The molecule has 1 saturated heterocycles. The van der Waals surface area contributed by atoms with Crippen LogP contribution in [0.3, 0.4) is 0 Å². The number of pyridine rings is 1. The maximum atomic E-state index is 12.8. The summed E-state index contributed by atoms with van der Waals surface area (Å²) in [5.41, 5.74) is 1.43. The Morgan fingerprint density at radius 3 is 2.64 bits per heavy atom. The highest BCUT2D eigenvalue weighted by Gasteiger charge is 2.21. The lowest BCUT2D eigenvalue weighted by molar-refractivity contribution is -0.0434. The third-order valence-electron chi connectivity index (χ3n) is 4.59. The van der Waals surface area contributed by atoms with E-state index in [0.29, 0.717) is 31.7 Å². The van der Waals surface area contributed by atoms with Gasteiger partial charge in [-0.05, 0) is 38.3 Å². The van der Waals surface area contributed by atoms with Crippen molar-refractivity contribution in [3.63, 3.8) is 0 Å².